The molecule has 1 unspecified atom stereocenters. The lowest BCUT2D eigenvalue weighted by Gasteiger charge is -2.33. The quantitative estimate of drug-likeness (QED) is 0.590. The SMILES string of the molecule is CC(C)Oc1cccc2c1CC(CN1CCC(c3c[nH]c4ccc(F)cc34)CC1)C2. The number of H-pyrrole nitrogens is 1. The van der Waals surface area contributed by atoms with Gasteiger partial charge in [-0.15, -0.1) is 0 Å². The summed E-state index contributed by atoms with van der Waals surface area (Å²) in [5.74, 6) is 2.12. The number of aromatic nitrogens is 1. The fraction of sp³-hybridized carbons (Fsp3) is 0.462. The second kappa shape index (κ2) is 8.07. The normalized spacial score (nSPS) is 20.2. The summed E-state index contributed by atoms with van der Waals surface area (Å²) >= 11 is 0. The van der Waals surface area contributed by atoms with Crippen molar-refractivity contribution in [2.75, 3.05) is 19.6 Å². The molecule has 1 atom stereocenters. The Hall–Kier alpha value is -2.33. The lowest BCUT2D eigenvalue weighted by Crippen LogP contribution is -2.36. The van der Waals surface area contributed by atoms with E-state index in [4.69, 9.17) is 4.74 Å². The first-order valence-corrected chi connectivity index (χ1v) is 11.3. The summed E-state index contributed by atoms with van der Waals surface area (Å²) in [7, 11) is 0. The number of fused-ring (bicyclic) bond motifs is 2. The van der Waals surface area contributed by atoms with Gasteiger partial charge in [-0.1, -0.05) is 12.1 Å². The second-order valence-electron chi connectivity index (χ2n) is 9.34. The number of hydrogen-bond donors (Lipinski definition) is 1. The van der Waals surface area contributed by atoms with Crippen molar-refractivity contribution in [2.45, 2.75) is 51.6 Å². The van der Waals surface area contributed by atoms with Gasteiger partial charge in [0.2, 0.25) is 0 Å². The highest BCUT2D eigenvalue weighted by atomic mass is 19.1. The van der Waals surface area contributed by atoms with Crippen molar-refractivity contribution in [1.29, 1.82) is 0 Å². The Balaban J connectivity index is 1.20. The van der Waals surface area contributed by atoms with Crippen LogP contribution in [-0.2, 0) is 12.8 Å². The van der Waals surface area contributed by atoms with E-state index in [9.17, 15) is 4.39 Å². The minimum Gasteiger partial charge on any atom is -0.491 e. The number of ether oxygens (including phenoxy) is 1. The summed E-state index contributed by atoms with van der Waals surface area (Å²) in [5, 5.41) is 1.05. The third-order valence-electron chi connectivity index (χ3n) is 6.81. The number of benzene rings is 2. The first-order valence-electron chi connectivity index (χ1n) is 11.3. The fourth-order valence-corrected chi connectivity index (χ4v) is 5.44. The predicted molar refractivity (Wildman–Crippen MR) is 120 cm³/mol. The first kappa shape index (κ1) is 19.6. The molecular formula is C26H31FN2O. The van der Waals surface area contributed by atoms with Crippen LogP contribution in [0.25, 0.3) is 10.9 Å². The van der Waals surface area contributed by atoms with Crippen LogP contribution in [0.3, 0.4) is 0 Å². The van der Waals surface area contributed by atoms with Crippen molar-refractivity contribution in [3.63, 3.8) is 0 Å². The van der Waals surface area contributed by atoms with E-state index in [-0.39, 0.29) is 11.9 Å². The number of nitrogens with one attached hydrogen (secondary N) is 1. The van der Waals surface area contributed by atoms with Crippen molar-refractivity contribution in [3.8, 4) is 5.75 Å². The van der Waals surface area contributed by atoms with Crippen LogP contribution in [0, 0.1) is 11.7 Å². The molecule has 158 valence electrons. The Labute approximate surface area is 178 Å². The van der Waals surface area contributed by atoms with E-state index in [2.05, 4.69) is 48.1 Å². The minimum absolute atomic E-state index is 0.151. The summed E-state index contributed by atoms with van der Waals surface area (Å²) in [4.78, 5) is 5.95. The summed E-state index contributed by atoms with van der Waals surface area (Å²) in [5.41, 5.74) is 5.21. The Morgan fingerprint density at radius 3 is 2.77 bits per heavy atom. The maximum absolute atomic E-state index is 13.7. The third-order valence-corrected chi connectivity index (χ3v) is 6.81. The number of rotatable bonds is 5. The van der Waals surface area contributed by atoms with Crippen LogP contribution in [0.15, 0.2) is 42.6 Å². The number of hydrogen-bond acceptors (Lipinski definition) is 2. The molecule has 1 N–H and O–H groups in total. The molecule has 1 saturated heterocycles. The van der Waals surface area contributed by atoms with Crippen LogP contribution in [0.4, 0.5) is 4.39 Å². The molecule has 5 rings (SSSR count). The molecule has 1 aliphatic carbocycles. The van der Waals surface area contributed by atoms with E-state index in [1.807, 2.05) is 6.07 Å². The molecule has 1 aromatic heterocycles. The molecule has 0 radical (unpaired) electrons. The van der Waals surface area contributed by atoms with Crippen LogP contribution in [0.2, 0.25) is 0 Å². The topological polar surface area (TPSA) is 28.3 Å². The summed E-state index contributed by atoms with van der Waals surface area (Å²) in [6.07, 6.45) is 6.88. The number of aromatic amines is 1. The van der Waals surface area contributed by atoms with Crippen molar-refractivity contribution < 1.29 is 9.13 Å². The zero-order chi connectivity index (χ0) is 20.7. The Morgan fingerprint density at radius 2 is 1.97 bits per heavy atom. The molecule has 1 fully saturated rings. The van der Waals surface area contributed by atoms with Crippen molar-refractivity contribution in [1.82, 2.24) is 9.88 Å². The number of piperidine rings is 1. The molecular weight excluding hydrogens is 375 g/mol. The van der Waals surface area contributed by atoms with Gasteiger partial charge in [-0.2, -0.15) is 0 Å². The van der Waals surface area contributed by atoms with Crippen LogP contribution < -0.4 is 4.74 Å². The molecule has 2 aliphatic rings. The van der Waals surface area contributed by atoms with Gasteiger partial charge in [-0.05, 0) is 105 Å². The zero-order valence-electron chi connectivity index (χ0n) is 18.0. The van der Waals surface area contributed by atoms with Crippen molar-refractivity contribution in [3.05, 3.63) is 65.1 Å². The van der Waals surface area contributed by atoms with Crippen molar-refractivity contribution in [2.24, 2.45) is 5.92 Å². The Bertz CT molecular complexity index is 1030. The summed E-state index contributed by atoms with van der Waals surface area (Å²) < 4.78 is 19.8. The molecule has 0 bridgehead atoms. The molecule has 1 aliphatic heterocycles. The predicted octanol–water partition coefficient (Wildman–Crippen LogP) is 5.69. The fourth-order valence-electron chi connectivity index (χ4n) is 5.44. The minimum atomic E-state index is -0.151. The second-order valence-corrected chi connectivity index (χ2v) is 9.34. The van der Waals surface area contributed by atoms with E-state index in [1.54, 1.807) is 6.07 Å². The largest absolute Gasteiger partial charge is 0.491 e. The molecule has 0 spiro atoms. The monoisotopic (exact) mass is 406 g/mol. The van der Waals surface area contributed by atoms with E-state index >= 15 is 0 Å². The highest BCUT2D eigenvalue weighted by Gasteiger charge is 2.29. The summed E-state index contributed by atoms with van der Waals surface area (Å²) in [6.45, 7) is 7.59. The molecule has 4 heteroatoms. The van der Waals surface area contributed by atoms with Crippen LogP contribution in [0.5, 0.6) is 5.75 Å². The number of halogens is 1. The van der Waals surface area contributed by atoms with Crippen LogP contribution >= 0.6 is 0 Å². The molecule has 3 aromatic rings. The van der Waals surface area contributed by atoms with Crippen LogP contribution in [0.1, 0.15) is 49.3 Å². The third kappa shape index (κ3) is 3.85. The molecule has 2 heterocycles. The van der Waals surface area contributed by atoms with Gasteiger partial charge in [0.1, 0.15) is 11.6 Å². The van der Waals surface area contributed by atoms with Gasteiger partial charge in [0.05, 0.1) is 6.10 Å². The Morgan fingerprint density at radius 1 is 1.13 bits per heavy atom. The Kier molecular flexibility index (Phi) is 5.28. The van der Waals surface area contributed by atoms with E-state index in [0.717, 1.165) is 62.0 Å². The maximum atomic E-state index is 13.7. The average Bonchev–Trinajstić information content (AvgIpc) is 3.32. The van der Waals surface area contributed by atoms with Gasteiger partial charge < -0.3 is 14.6 Å². The van der Waals surface area contributed by atoms with Gasteiger partial charge in [0.25, 0.3) is 0 Å². The van der Waals surface area contributed by atoms with Crippen LogP contribution in [-0.4, -0.2) is 35.6 Å². The molecule has 0 saturated carbocycles. The standard InChI is InChI=1S/C26H31FN2O/c1-17(2)30-26-5-3-4-20-12-18(13-22(20)26)16-29-10-8-19(9-11-29)24-15-28-25-7-6-21(27)14-23(24)25/h3-7,14-15,17-19,28H,8-13,16H2,1-2H3. The summed E-state index contributed by atoms with van der Waals surface area (Å²) in [6, 6.07) is 11.6. The van der Waals surface area contributed by atoms with Gasteiger partial charge in [-0.3, -0.25) is 0 Å². The van der Waals surface area contributed by atoms with Gasteiger partial charge in [-0.25, -0.2) is 4.39 Å². The van der Waals surface area contributed by atoms with Gasteiger partial charge >= 0.3 is 0 Å². The van der Waals surface area contributed by atoms with E-state index in [1.165, 1.54) is 22.8 Å². The first-order chi connectivity index (χ1) is 14.6. The zero-order valence-corrected chi connectivity index (χ0v) is 18.0. The van der Waals surface area contributed by atoms with E-state index in [0.29, 0.717) is 11.8 Å². The maximum Gasteiger partial charge on any atom is 0.123 e. The highest BCUT2D eigenvalue weighted by Crippen LogP contribution is 2.37. The lowest BCUT2D eigenvalue weighted by molar-refractivity contribution is 0.184. The van der Waals surface area contributed by atoms with E-state index < -0.39 is 0 Å². The average molecular weight is 407 g/mol. The molecule has 0 amide bonds. The molecule has 30 heavy (non-hydrogen) atoms. The molecule has 3 nitrogen and oxygen atoms in total. The highest BCUT2D eigenvalue weighted by molar-refractivity contribution is 5.83. The van der Waals surface area contributed by atoms with Crippen molar-refractivity contribution >= 4 is 10.9 Å². The van der Waals surface area contributed by atoms with Gasteiger partial charge in [0.15, 0.2) is 0 Å². The molecule has 2 aromatic carbocycles. The van der Waals surface area contributed by atoms with Gasteiger partial charge in [0, 0.05) is 23.6 Å². The number of nitrogens with zero attached hydrogens (tertiary/aromatic N) is 1. The number of likely N-dealkylation sites (tertiary alicyclic amines) is 1. The smallest absolute Gasteiger partial charge is 0.123 e. The lowest BCUT2D eigenvalue weighted by atomic mass is 9.88.